The van der Waals surface area contributed by atoms with Crippen LogP contribution in [-0.2, 0) is 9.59 Å². The van der Waals surface area contributed by atoms with E-state index < -0.39 is 23.0 Å². The average molecular weight is 395 g/mol. The third-order valence-corrected chi connectivity index (χ3v) is 4.86. The molecule has 0 bridgehead atoms. The fraction of sp³-hybridized carbons (Fsp3) is 0.100. The van der Waals surface area contributed by atoms with Gasteiger partial charge in [0, 0.05) is 5.69 Å². The molecule has 1 heterocycles. The topological polar surface area (TPSA) is 107 Å². The maximum Gasteiger partial charge on any atom is 0.294 e. The number of carboxylic acid groups (broad SMARTS) is 1. The molecule has 2 aromatic rings. The predicted molar refractivity (Wildman–Crippen MR) is 103 cm³/mol. The molecule has 3 amide bonds. The van der Waals surface area contributed by atoms with Gasteiger partial charge in [-0.25, -0.2) is 0 Å². The third-order valence-electron chi connectivity index (χ3n) is 3.95. The van der Waals surface area contributed by atoms with Crippen molar-refractivity contribution in [3.63, 3.8) is 0 Å². The van der Waals surface area contributed by atoms with Gasteiger partial charge in [0.2, 0.25) is 5.91 Å². The van der Waals surface area contributed by atoms with Crippen molar-refractivity contribution < 1.29 is 24.3 Å². The number of hydrogen-bond donors (Lipinski definition) is 1. The van der Waals surface area contributed by atoms with Gasteiger partial charge in [0.25, 0.3) is 11.1 Å². The molecule has 1 fully saturated rings. The van der Waals surface area contributed by atoms with E-state index in [1.807, 2.05) is 19.1 Å². The van der Waals surface area contributed by atoms with E-state index in [2.05, 4.69) is 5.32 Å². The zero-order chi connectivity index (χ0) is 20.3. The van der Waals surface area contributed by atoms with Crippen molar-refractivity contribution in [1.29, 1.82) is 0 Å². The molecule has 7 nitrogen and oxygen atoms in total. The summed E-state index contributed by atoms with van der Waals surface area (Å²) in [7, 11) is 0. The standard InChI is InChI=1S/C20H16N2O5S/c1-12-2-8-15(9-3-12)21-17(23)11-22-18(24)16(28-20(22)27)10-13-4-6-14(7-5-13)19(25)26/h2-10H,11H2,1H3,(H,21,23)(H,25,26)/p-1/b16-10+. The quantitative estimate of drug-likeness (QED) is 0.777. The Morgan fingerprint density at radius 1 is 1.07 bits per heavy atom. The zero-order valence-electron chi connectivity index (χ0n) is 14.8. The minimum atomic E-state index is -1.30. The number of aryl methyl sites for hydroxylation is 1. The first-order valence-corrected chi connectivity index (χ1v) is 9.08. The van der Waals surface area contributed by atoms with Gasteiger partial charge in [-0.1, -0.05) is 42.0 Å². The Morgan fingerprint density at radius 3 is 2.32 bits per heavy atom. The summed E-state index contributed by atoms with van der Waals surface area (Å²) in [6.07, 6.45) is 1.47. The third kappa shape index (κ3) is 4.47. The van der Waals surface area contributed by atoms with E-state index in [9.17, 15) is 24.3 Å². The summed E-state index contributed by atoms with van der Waals surface area (Å²) in [6.45, 7) is 1.53. The van der Waals surface area contributed by atoms with Crippen LogP contribution in [0.4, 0.5) is 10.5 Å². The fourth-order valence-electron chi connectivity index (χ4n) is 2.48. The van der Waals surface area contributed by atoms with Gasteiger partial charge in [-0.05, 0) is 48.0 Å². The fourth-order valence-corrected chi connectivity index (χ4v) is 3.32. The van der Waals surface area contributed by atoms with Crippen LogP contribution in [0, 0.1) is 6.92 Å². The Labute approximate surface area is 165 Å². The van der Waals surface area contributed by atoms with Crippen LogP contribution in [0.5, 0.6) is 0 Å². The summed E-state index contributed by atoms with van der Waals surface area (Å²) in [5, 5.41) is 12.9. The number of rotatable bonds is 5. The maximum absolute atomic E-state index is 12.5. The van der Waals surface area contributed by atoms with Gasteiger partial charge in [0.05, 0.1) is 10.9 Å². The normalized spacial score (nSPS) is 15.2. The first-order valence-electron chi connectivity index (χ1n) is 8.27. The van der Waals surface area contributed by atoms with Crippen LogP contribution in [0.3, 0.4) is 0 Å². The van der Waals surface area contributed by atoms with Crippen molar-refractivity contribution in [2.45, 2.75) is 6.92 Å². The van der Waals surface area contributed by atoms with Gasteiger partial charge < -0.3 is 15.2 Å². The van der Waals surface area contributed by atoms with E-state index in [4.69, 9.17) is 0 Å². The Morgan fingerprint density at radius 2 is 1.71 bits per heavy atom. The van der Waals surface area contributed by atoms with Crippen LogP contribution in [-0.4, -0.2) is 34.5 Å². The summed E-state index contributed by atoms with van der Waals surface area (Å²) < 4.78 is 0. The Hall–Kier alpha value is -3.39. The van der Waals surface area contributed by atoms with E-state index in [-0.39, 0.29) is 17.0 Å². The highest BCUT2D eigenvalue weighted by atomic mass is 32.2. The monoisotopic (exact) mass is 395 g/mol. The number of imide groups is 1. The van der Waals surface area contributed by atoms with E-state index in [0.717, 1.165) is 22.2 Å². The number of amides is 3. The lowest BCUT2D eigenvalue weighted by atomic mass is 10.1. The molecule has 1 saturated heterocycles. The van der Waals surface area contributed by atoms with Crippen LogP contribution in [0.2, 0.25) is 0 Å². The van der Waals surface area contributed by atoms with Crippen LogP contribution < -0.4 is 10.4 Å². The predicted octanol–water partition coefficient (Wildman–Crippen LogP) is 2.03. The number of carboxylic acids is 1. The average Bonchev–Trinajstić information content (AvgIpc) is 2.91. The number of benzene rings is 2. The smallest absolute Gasteiger partial charge is 0.294 e. The summed E-state index contributed by atoms with van der Waals surface area (Å²) in [5.74, 6) is -2.35. The van der Waals surface area contributed by atoms with Crippen molar-refractivity contribution in [2.75, 3.05) is 11.9 Å². The number of nitrogens with one attached hydrogen (secondary N) is 1. The molecule has 3 rings (SSSR count). The molecule has 1 aliphatic heterocycles. The second kappa shape index (κ2) is 8.10. The number of carbonyl (C=O) groups is 4. The second-order valence-electron chi connectivity index (χ2n) is 6.09. The summed E-state index contributed by atoms with van der Waals surface area (Å²) in [6, 6.07) is 12.8. The van der Waals surface area contributed by atoms with Gasteiger partial charge in [-0.3, -0.25) is 19.3 Å². The van der Waals surface area contributed by atoms with Crippen molar-refractivity contribution in [3.8, 4) is 0 Å². The molecule has 28 heavy (non-hydrogen) atoms. The molecule has 142 valence electrons. The number of nitrogens with zero attached hydrogens (tertiary/aromatic N) is 1. The molecule has 0 spiro atoms. The van der Waals surface area contributed by atoms with Gasteiger partial charge in [0.1, 0.15) is 6.54 Å². The van der Waals surface area contributed by atoms with E-state index >= 15 is 0 Å². The minimum absolute atomic E-state index is 0.0121. The van der Waals surface area contributed by atoms with Gasteiger partial charge in [0.15, 0.2) is 0 Å². The van der Waals surface area contributed by atoms with Crippen molar-refractivity contribution >= 4 is 46.5 Å². The molecule has 8 heteroatoms. The number of aromatic carboxylic acids is 1. The Kier molecular flexibility index (Phi) is 5.60. The number of anilines is 1. The maximum atomic E-state index is 12.5. The number of thioether (sulfide) groups is 1. The van der Waals surface area contributed by atoms with E-state index in [1.165, 1.54) is 30.3 Å². The van der Waals surface area contributed by atoms with Crippen LogP contribution >= 0.6 is 11.8 Å². The molecular weight excluding hydrogens is 380 g/mol. The van der Waals surface area contributed by atoms with Crippen LogP contribution in [0.25, 0.3) is 6.08 Å². The summed E-state index contributed by atoms with van der Waals surface area (Å²) in [5.41, 5.74) is 2.19. The number of hydrogen-bond acceptors (Lipinski definition) is 6. The van der Waals surface area contributed by atoms with Crippen molar-refractivity contribution in [1.82, 2.24) is 4.90 Å². The molecule has 1 N–H and O–H groups in total. The van der Waals surface area contributed by atoms with Crippen LogP contribution in [0.15, 0.2) is 53.4 Å². The molecule has 0 aliphatic carbocycles. The molecule has 0 aromatic heterocycles. The van der Waals surface area contributed by atoms with Gasteiger partial charge in [-0.2, -0.15) is 0 Å². The van der Waals surface area contributed by atoms with Gasteiger partial charge in [-0.15, -0.1) is 0 Å². The van der Waals surface area contributed by atoms with E-state index in [1.54, 1.807) is 12.1 Å². The zero-order valence-corrected chi connectivity index (χ0v) is 15.6. The first-order chi connectivity index (χ1) is 13.3. The Bertz CT molecular complexity index is 981. The second-order valence-corrected chi connectivity index (χ2v) is 7.08. The molecule has 2 aromatic carbocycles. The molecule has 1 aliphatic rings. The number of carbonyl (C=O) groups excluding carboxylic acids is 4. The summed E-state index contributed by atoms with van der Waals surface area (Å²) >= 11 is 0.727. The minimum Gasteiger partial charge on any atom is -0.545 e. The highest BCUT2D eigenvalue weighted by molar-refractivity contribution is 8.18. The highest BCUT2D eigenvalue weighted by Crippen LogP contribution is 2.32. The first kappa shape index (κ1) is 19.4. The molecule has 0 radical (unpaired) electrons. The lowest BCUT2D eigenvalue weighted by Crippen LogP contribution is -2.36. The summed E-state index contributed by atoms with van der Waals surface area (Å²) in [4.78, 5) is 48.5. The van der Waals surface area contributed by atoms with Crippen molar-refractivity contribution in [2.24, 2.45) is 0 Å². The molecule has 0 saturated carbocycles. The lowest BCUT2D eigenvalue weighted by Gasteiger charge is -2.12. The van der Waals surface area contributed by atoms with Gasteiger partial charge >= 0.3 is 0 Å². The molecular formula is C20H15N2O5S-. The SMILES string of the molecule is Cc1ccc(NC(=O)CN2C(=O)S/C(=C/c3ccc(C(=O)[O-])cc3)C2=O)cc1. The van der Waals surface area contributed by atoms with E-state index in [0.29, 0.717) is 11.3 Å². The Balaban J connectivity index is 1.68. The molecule has 0 atom stereocenters. The van der Waals surface area contributed by atoms with Crippen LogP contribution in [0.1, 0.15) is 21.5 Å². The highest BCUT2D eigenvalue weighted by Gasteiger charge is 2.36. The van der Waals surface area contributed by atoms with Crippen molar-refractivity contribution in [3.05, 3.63) is 70.1 Å². The largest absolute Gasteiger partial charge is 0.545 e. The molecule has 0 unspecified atom stereocenters. The lowest BCUT2D eigenvalue weighted by molar-refractivity contribution is -0.255.